The SMILES string of the molecule is O=C(NCC1CC1)[C@H]1CCC2(CCN(Cc3cccc(F)c3)CC2)O1. The van der Waals surface area contributed by atoms with E-state index in [1.165, 1.54) is 18.9 Å². The highest BCUT2D eigenvalue weighted by atomic mass is 19.1. The summed E-state index contributed by atoms with van der Waals surface area (Å²) >= 11 is 0. The van der Waals surface area contributed by atoms with Gasteiger partial charge in [0, 0.05) is 26.2 Å². The molecular formula is C20H27FN2O2. The fourth-order valence-corrected chi connectivity index (χ4v) is 4.06. The predicted octanol–water partition coefficient (Wildman–Crippen LogP) is 2.87. The maximum Gasteiger partial charge on any atom is 0.249 e. The Kier molecular flexibility index (Phi) is 4.78. The molecular weight excluding hydrogens is 319 g/mol. The molecule has 1 aromatic carbocycles. The lowest BCUT2D eigenvalue weighted by molar-refractivity contribution is -0.140. The number of nitrogens with one attached hydrogen (secondary N) is 1. The zero-order chi connectivity index (χ0) is 17.3. The zero-order valence-corrected chi connectivity index (χ0v) is 14.7. The van der Waals surface area contributed by atoms with Gasteiger partial charge in [-0.05, 0) is 62.1 Å². The highest BCUT2D eigenvalue weighted by molar-refractivity contribution is 5.81. The van der Waals surface area contributed by atoms with Crippen molar-refractivity contribution in [1.29, 1.82) is 0 Å². The molecule has 2 saturated heterocycles. The number of benzene rings is 1. The molecule has 2 aliphatic heterocycles. The molecule has 0 aromatic heterocycles. The molecule has 2 heterocycles. The molecule has 1 saturated carbocycles. The van der Waals surface area contributed by atoms with E-state index in [1.54, 1.807) is 12.1 Å². The minimum Gasteiger partial charge on any atom is -0.362 e. The van der Waals surface area contributed by atoms with Crippen LogP contribution in [0.5, 0.6) is 0 Å². The van der Waals surface area contributed by atoms with Crippen molar-refractivity contribution in [3.05, 3.63) is 35.6 Å². The molecule has 25 heavy (non-hydrogen) atoms. The van der Waals surface area contributed by atoms with E-state index in [2.05, 4.69) is 10.2 Å². The molecule has 1 atom stereocenters. The number of nitrogens with zero attached hydrogens (tertiary/aromatic N) is 1. The fraction of sp³-hybridized carbons (Fsp3) is 0.650. The van der Waals surface area contributed by atoms with Crippen molar-refractivity contribution in [2.45, 2.75) is 56.8 Å². The second-order valence-electron chi connectivity index (χ2n) is 7.92. The molecule has 1 N–H and O–H groups in total. The van der Waals surface area contributed by atoms with Gasteiger partial charge in [-0.1, -0.05) is 12.1 Å². The third kappa shape index (κ3) is 4.21. The van der Waals surface area contributed by atoms with Gasteiger partial charge < -0.3 is 10.1 Å². The van der Waals surface area contributed by atoms with Crippen molar-refractivity contribution in [1.82, 2.24) is 10.2 Å². The molecule has 3 aliphatic rings. The van der Waals surface area contributed by atoms with Gasteiger partial charge in [-0.3, -0.25) is 9.69 Å². The summed E-state index contributed by atoms with van der Waals surface area (Å²) < 4.78 is 19.5. The zero-order valence-electron chi connectivity index (χ0n) is 14.7. The average Bonchev–Trinajstić information content (AvgIpc) is 3.35. The Morgan fingerprint density at radius 1 is 1.24 bits per heavy atom. The topological polar surface area (TPSA) is 41.6 Å². The van der Waals surface area contributed by atoms with E-state index in [4.69, 9.17) is 4.74 Å². The Labute approximate surface area is 148 Å². The minimum absolute atomic E-state index is 0.0750. The second-order valence-corrected chi connectivity index (χ2v) is 7.92. The maximum atomic E-state index is 13.3. The van der Waals surface area contributed by atoms with Crippen LogP contribution in [-0.2, 0) is 16.1 Å². The van der Waals surface area contributed by atoms with E-state index in [1.807, 2.05) is 6.07 Å². The first-order chi connectivity index (χ1) is 12.1. The van der Waals surface area contributed by atoms with Crippen molar-refractivity contribution < 1.29 is 13.9 Å². The molecule has 0 radical (unpaired) electrons. The standard InChI is InChI=1S/C20H27FN2O2/c21-17-3-1-2-16(12-17)14-23-10-8-20(9-11-23)7-6-18(25-20)19(24)22-13-15-4-5-15/h1-3,12,15,18H,4-11,13-14H2,(H,22,24)/t18-/m1/s1. The lowest BCUT2D eigenvalue weighted by Crippen LogP contribution is -2.45. The molecule has 0 bridgehead atoms. The molecule has 1 spiro atoms. The van der Waals surface area contributed by atoms with Crippen molar-refractivity contribution in [3.63, 3.8) is 0 Å². The van der Waals surface area contributed by atoms with Crippen molar-refractivity contribution >= 4 is 5.91 Å². The summed E-state index contributed by atoms with van der Waals surface area (Å²) in [4.78, 5) is 14.6. The Morgan fingerprint density at radius 3 is 2.76 bits per heavy atom. The van der Waals surface area contributed by atoms with Crippen LogP contribution in [-0.4, -0.2) is 42.1 Å². The Bertz CT molecular complexity index is 624. The summed E-state index contributed by atoms with van der Waals surface area (Å²) in [5.41, 5.74) is 0.889. The Hall–Kier alpha value is -1.46. The van der Waals surface area contributed by atoms with Crippen molar-refractivity contribution in [2.24, 2.45) is 5.92 Å². The Morgan fingerprint density at radius 2 is 2.04 bits per heavy atom. The van der Waals surface area contributed by atoms with Crippen LogP contribution in [0.2, 0.25) is 0 Å². The lowest BCUT2D eigenvalue weighted by atomic mass is 9.88. The van der Waals surface area contributed by atoms with Crippen LogP contribution in [0.3, 0.4) is 0 Å². The number of piperidine rings is 1. The van der Waals surface area contributed by atoms with Crippen molar-refractivity contribution in [2.75, 3.05) is 19.6 Å². The quantitative estimate of drug-likeness (QED) is 0.891. The number of amides is 1. The van der Waals surface area contributed by atoms with E-state index in [0.29, 0.717) is 5.92 Å². The van der Waals surface area contributed by atoms with Crippen LogP contribution < -0.4 is 5.32 Å². The van der Waals surface area contributed by atoms with Gasteiger partial charge in [-0.2, -0.15) is 0 Å². The molecule has 4 nitrogen and oxygen atoms in total. The van der Waals surface area contributed by atoms with Crippen LogP contribution in [0.15, 0.2) is 24.3 Å². The summed E-state index contributed by atoms with van der Waals surface area (Å²) in [5, 5.41) is 3.05. The summed E-state index contributed by atoms with van der Waals surface area (Å²) in [6, 6.07) is 6.83. The number of hydrogen-bond donors (Lipinski definition) is 1. The fourth-order valence-electron chi connectivity index (χ4n) is 4.06. The van der Waals surface area contributed by atoms with Gasteiger partial charge >= 0.3 is 0 Å². The van der Waals surface area contributed by atoms with Crippen molar-refractivity contribution in [3.8, 4) is 0 Å². The normalized spacial score (nSPS) is 26.0. The highest BCUT2D eigenvalue weighted by Gasteiger charge is 2.44. The first kappa shape index (κ1) is 17.0. The first-order valence-electron chi connectivity index (χ1n) is 9.54. The summed E-state index contributed by atoms with van der Waals surface area (Å²) in [7, 11) is 0. The highest BCUT2D eigenvalue weighted by Crippen LogP contribution is 2.39. The second kappa shape index (κ2) is 7.04. The molecule has 4 rings (SSSR count). The number of carbonyl (C=O) groups is 1. The molecule has 0 unspecified atom stereocenters. The number of hydrogen-bond acceptors (Lipinski definition) is 3. The average molecular weight is 346 g/mol. The summed E-state index contributed by atoms with van der Waals surface area (Å²) in [6.07, 6.45) is 5.94. The predicted molar refractivity (Wildman–Crippen MR) is 93.5 cm³/mol. The minimum atomic E-state index is -0.270. The monoisotopic (exact) mass is 346 g/mol. The first-order valence-corrected chi connectivity index (χ1v) is 9.54. The maximum absolute atomic E-state index is 13.3. The van der Waals surface area contributed by atoms with E-state index in [-0.39, 0.29) is 23.4 Å². The van der Waals surface area contributed by atoms with Gasteiger partial charge in [-0.15, -0.1) is 0 Å². The molecule has 3 fully saturated rings. The van der Waals surface area contributed by atoms with Gasteiger partial charge in [0.25, 0.3) is 0 Å². The van der Waals surface area contributed by atoms with Crippen LogP contribution in [0, 0.1) is 11.7 Å². The molecule has 1 aliphatic carbocycles. The molecule has 136 valence electrons. The van der Waals surface area contributed by atoms with Crippen LogP contribution >= 0.6 is 0 Å². The van der Waals surface area contributed by atoms with Gasteiger partial charge in [-0.25, -0.2) is 4.39 Å². The van der Waals surface area contributed by atoms with E-state index in [9.17, 15) is 9.18 Å². The molecule has 1 aromatic rings. The van der Waals surface area contributed by atoms with E-state index in [0.717, 1.165) is 57.4 Å². The largest absolute Gasteiger partial charge is 0.362 e. The van der Waals surface area contributed by atoms with Gasteiger partial charge in [0.1, 0.15) is 11.9 Å². The smallest absolute Gasteiger partial charge is 0.249 e. The third-order valence-electron chi connectivity index (χ3n) is 5.87. The lowest BCUT2D eigenvalue weighted by Gasteiger charge is -2.39. The number of likely N-dealkylation sites (tertiary alicyclic amines) is 1. The van der Waals surface area contributed by atoms with Gasteiger partial charge in [0.05, 0.1) is 5.60 Å². The number of carbonyl (C=O) groups excluding carboxylic acids is 1. The number of rotatable bonds is 5. The number of ether oxygens (including phenoxy) is 1. The van der Waals surface area contributed by atoms with Gasteiger partial charge in [0.15, 0.2) is 0 Å². The number of halogens is 1. The third-order valence-corrected chi connectivity index (χ3v) is 5.87. The summed E-state index contributed by atoms with van der Waals surface area (Å²) in [5.74, 6) is 0.599. The summed E-state index contributed by atoms with van der Waals surface area (Å²) in [6.45, 7) is 3.46. The van der Waals surface area contributed by atoms with Crippen LogP contribution in [0.1, 0.15) is 44.1 Å². The van der Waals surface area contributed by atoms with E-state index < -0.39 is 0 Å². The van der Waals surface area contributed by atoms with Gasteiger partial charge in [0.2, 0.25) is 5.91 Å². The van der Waals surface area contributed by atoms with E-state index >= 15 is 0 Å². The Balaban J connectivity index is 1.25. The van der Waals surface area contributed by atoms with Crippen LogP contribution in [0.25, 0.3) is 0 Å². The molecule has 1 amide bonds. The molecule has 5 heteroatoms. The van der Waals surface area contributed by atoms with Crippen LogP contribution in [0.4, 0.5) is 4.39 Å².